The first-order valence-electron chi connectivity index (χ1n) is 10.4. The number of aryl methyl sites for hydroxylation is 1. The Hall–Kier alpha value is -3.73. The van der Waals surface area contributed by atoms with Gasteiger partial charge in [-0.1, -0.05) is 66.7 Å². The van der Waals surface area contributed by atoms with Crippen molar-refractivity contribution in [3.05, 3.63) is 107 Å². The van der Waals surface area contributed by atoms with Crippen LogP contribution in [0.5, 0.6) is 0 Å². The first kappa shape index (κ1) is 20.5. The third kappa shape index (κ3) is 4.89. The molecule has 3 aromatic rings. The van der Waals surface area contributed by atoms with Gasteiger partial charge in [-0.3, -0.25) is 9.59 Å². The average molecular weight is 413 g/mol. The number of carbonyl (C=O) groups is 3. The summed E-state index contributed by atoms with van der Waals surface area (Å²) in [6.45, 7) is -0.345. The quantitative estimate of drug-likeness (QED) is 0.484. The van der Waals surface area contributed by atoms with E-state index < -0.39 is 5.97 Å². The summed E-state index contributed by atoms with van der Waals surface area (Å²) in [5, 5.41) is 2.96. The Morgan fingerprint density at radius 3 is 2.23 bits per heavy atom. The fraction of sp³-hybridized carbons (Fsp3) is 0.192. The summed E-state index contributed by atoms with van der Waals surface area (Å²) in [5.74, 6) is -1.04. The fourth-order valence-corrected chi connectivity index (χ4v) is 3.87. The summed E-state index contributed by atoms with van der Waals surface area (Å²) in [7, 11) is 0. The van der Waals surface area contributed by atoms with Crippen molar-refractivity contribution in [1.82, 2.24) is 5.32 Å². The van der Waals surface area contributed by atoms with E-state index in [-0.39, 0.29) is 24.3 Å². The Morgan fingerprint density at radius 2 is 1.45 bits per heavy atom. The normalized spacial score (nSPS) is 14.9. The third-order valence-corrected chi connectivity index (χ3v) is 5.46. The van der Waals surface area contributed by atoms with Crippen LogP contribution in [0.3, 0.4) is 0 Å². The molecule has 0 saturated heterocycles. The van der Waals surface area contributed by atoms with Crippen LogP contribution in [0.4, 0.5) is 0 Å². The Labute approximate surface area is 181 Å². The van der Waals surface area contributed by atoms with Crippen LogP contribution >= 0.6 is 0 Å². The van der Waals surface area contributed by atoms with Crippen molar-refractivity contribution >= 4 is 17.7 Å². The lowest BCUT2D eigenvalue weighted by Gasteiger charge is -2.26. The van der Waals surface area contributed by atoms with Crippen molar-refractivity contribution in [1.29, 1.82) is 0 Å². The number of benzene rings is 3. The van der Waals surface area contributed by atoms with E-state index >= 15 is 0 Å². The van der Waals surface area contributed by atoms with Gasteiger partial charge in [0.2, 0.25) is 0 Å². The van der Waals surface area contributed by atoms with Gasteiger partial charge in [0.05, 0.1) is 11.6 Å². The highest BCUT2D eigenvalue weighted by atomic mass is 16.5. The summed E-state index contributed by atoms with van der Waals surface area (Å²) in [6, 6.07) is 23.2. The number of ketones is 1. The van der Waals surface area contributed by atoms with Crippen LogP contribution < -0.4 is 5.32 Å². The predicted octanol–water partition coefficient (Wildman–Crippen LogP) is 4.27. The topological polar surface area (TPSA) is 72.5 Å². The van der Waals surface area contributed by atoms with Crippen LogP contribution in [0, 0.1) is 0 Å². The lowest BCUT2D eigenvalue weighted by atomic mass is 9.88. The molecule has 0 heterocycles. The lowest BCUT2D eigenvalue weighted by molar-refractivity contribution is -0.125. The minimum atomic E-state index is -0.599. The monoisotopic (exact) mass is 413 g/mol. The average Bonchev–Trinajstić information content (AvgIpc) is 2.83. The van der Waals surface area contributed by atoms with Gasteiger partial charge < -0.3 is 10.1 Å². The largest absolute Gasteiger partial charge is 0.452 e. The fourth-order valence-electron chi connectivity index (χ4n) is 3.87. The minimum absolute atomic E-state index is 0.0561. The molecule has 1 unspecified atom stereocenters. The first-order chi connectivity index (χ1) is 15.1. The maximum atomic E-state index is 12.5. The second-order valence-electron chi connectivity index (χ2n) is 7.56. The Morgan fingerprint density at radius 1 is 0.806 bits per heavy atom. The van der Waals surface area contributed by atoms with Crippen LogP contribution in [0.15, 0.2) is 78.9 Å². The molecule has 1 N–H and O–H groups in total. The van der Waals surface area contributed by atoms with Gasteiger partial charge in [0.15, 0.2) is 12.4 Å². The second kappa shape index (κ2) is 9.39. The number of nitrogens with one attached hydrogen (secondary N) is 1. The molecule has 0 bridgehead atoms. The minimum Gasteiger partial charge on any atom is -0.452 e. The maximum Gasteiger partial charge on any atom is 0.338 e. The van der Waals surface area contributed by atoms with Crippen molar-refractivity contribution in [3.8, 4) is 0 Å². The summed E-state index contributed by atoms with van der Waals surface area (Å²) in [4.78, 5) is 37.1. The second-order valence-corrected chi connectivity index (χ2v) is 7.56. The van der Waals surface area contributed by atoms with E-state index in [1.165, 1.54) is 17.7 Å². The molecule has 5 heteroatoms. The van der Waals surface area contributed by atoms with Crippen LogP contribution in [0.2, 0.25) is 0 Å². The molecule has 1 aliphatic carbocycles. The van der Waals surface area contributed by atoms with Crippen LogP contribution in [-0.4, -0.2) is 24.3 Å². The number of hydrogen-bond donors (Lipinski definition) is 1. The Kier molecular flexibility index (Phi) is 6.22. The van der Waals surface area contributed by atoms with Crippen molar-refractivity contribution < 1.29 is 19.1 Å². The van der Waals surface area contributed by atoms with Gasteiger partial charge >= 0.3 is 5.97 Å². The van der Waals surface area contributed by atoms with E-state index in [9.17, 15) is 14.4 Å². The van der Waals surface area contributed by atoms with Crippen LogP contribution in [-0.2, 0) is 16.0 Å². The molecule has 0 saturated carbocycles. The van der Waals surface area contributed by atoms with Gasteiger partial charge in [-0.15, -0.1) is 0 Å². The molecule has 0 aromatic heterocycles. The molecule has 1 amide bonds. The number of esters is 1. The zero-order chi connectivity index (χ0) is 21.6. The van der Waals surface area contributed by atoms with Crippen molar-refractivity contribution in [3.63, 3.8) is 0 Å². The molecule has 1 aliphatic rings. The van der Waals surface area contributed by atoms with Crippen LogP contribution in [0.25, 0.3) is 0 Å². The molecule has 0 spiro atoms. The number of carbonyl (C=O) groups excluding carboxylic acids is 3. The molecular weight excluding hydrogens is 390 g/mol. The maximum absolute atomic E-state index is 12.5. The van der Waals surface area contributed by atoms with E-state index in [0.29, 0.717) is 16.7 Å². The van der Waals surface area contributed by atoms with Gasteiger partial charge in [0.25, 0.3) is 5.91 Å². The highest BCUT2D eigenvalue weighted by Crippen LogP contribution is 2.29. The van der Waals surface area contributed by atoms with Gasteiger partial charge in [0.1, 0.15) is 0 Å². The number of fused-ring (bicyclic) bond motifs is 1. The smallest absolute Gasteiger partial charge is 0.338 e. The molecule has 0 aliphatic heterocycles. The number of rotatable bonds is 6. The third-order valence-electron chi connectivity index (χ3n) is 5.46. The van der Waals surface area contributed by atoms with Crippen molar-refractivity contribution in [2.24, 2.45) is 0 Å². The van der Waals surface area contributed by atoms with E-state index in [0.717, 1.165) is 24.8 Å². The van der Waals surface area contributed by atoms with Gasteiger partial charge in [-0.2, -0.15) is 0 Å². The van der Waals surface area contributed by atoms with E-state index in [4.69, 9.17) is 4.74 Å². The molecule has 1 atom stereocenters. The number of amides is 1. The summed E-state index contributed by atoms with van der Waals surface area (Å²) in [6.07, 6.45) is 2.89. The molecule has 4 rings (SSSR count). The molecule has 31 heavy (non-hydrogen) atoms. The molecule has 3 aromatic carbocycles. The molecule has 5 nitrogen and oxygen atoms in total. The summed E-state index contributed by atoms with van der Waals surface area (Å²) >= 11 is 0. The Bertz CT molecular complexity index is 1090. The van der Waals surface area contributed by atoms with E-state index in [1.54, 1.807) is 36.4 Å². The molecule has 156 valence electrons. The van der Waals surface area contributed by atoms with E-state index in [1.807, 2.05) is 24.3 Å². The molecule has 0 radical (unpaired) electrons. The number of hydrogen-bond acceptors (Lipinski definition) is 4. The Balaban J connectivity index is 1.32. The highest BCUT2D eigenvalue weighted by molar-refractivity contribution is 6.09. The predicted molar refractivity (Wildman–Crippen MR) is 117 cm³/mol. The van der Waals surface area contributed by atoms with Gasteiger partial charge in [-0.25, -0.2) is 4.79 Å². The van der Waals surface area contributed by atoms with Gasteiger partial charge in [0, 0.05) is 11.1 Å². The lowest BCUT2D eigenvalue weighted by Crippen LogP contribution is -2.34. The van der Waals surface area contributed by atoms with Gasteiger partial charge in [-0.05, 0) is 42.5 Å². The summed E-state index contributed by atoms with van der Waals surface area (Å²) in [5.41, 5.74) is 3.74. The van der Waals surface area contributed by atoms with Crippen molar-refractivity contribution in [2.45, 2.75) is 25.3 Å². The van der Waals surface area contributed by atoms with Crippen molar-refractivity contribution in [2.75, 3.05) is 6.61 Å². The van der Waals surface area contributed by atoms with E-state index in [2.05, 4.69) is 11.4 Å². The zero-order valence-corrected chi connectivity index (χ0v) is 17.0. The van der Waals surface area contributed by atoms with Crippen LogP contribution in [0.1, 0.15) is 56.3 Å². The first-order valence-corrected chi connectivity index (χ1v) is 10.4. The standard InChI is InChI=1S/C26H23NO4/c28-24(27-23-12-6-10-18-7-4-5-11-22(18)23)17-31-26(30)21-15-13-20(14-16-21)25(29)19-8-2-1-3-9-19/h1-5,7-9,11,13-16,23H,6,10,12,17H2,(H,27,28). The highest BCUT2D eigenvalue weighted by Gasteiger charge is 2.22. The molecule has 0 fully saturated rings. The summed E-state index contributed by atoms with van der Waals surface area (Å²) < 4.78 is 5.17. The SMILES string of the molecule is O=C(COC(=O)c1ccc(C(=O)c2ccccc2)cc1)NC1CCCc2ccccc21. The molecular formula is C26H23NO4. The zero-order valence-electron chi connectivity index (χ0n) is 17.0. The number of ether oxygens (including phenoxy) is 1.